The number of rotatable bonds is 7. The third-order valence-electron chi connectivity index (χ3n) is 4.49. The van der Waals surface area contributed by atoms with Gasteiger partial charge < -0.3 is 15.4 Å². The van der Waals surface area contributed by atoms with E-state index in [0.29, 0.717) is 18.6 Å². The van der Waals surface area contributed by atoms with Gasteiger partial charge in [0.15, 0.2) is 0 Å². The molecule has 3 atom stereocenters. The molecule has 2 rings (SSSR count). The van der Waals surface area contributed by atoms with Gasteiger partial charge in [0.05, 0.1) is 18.3 Å². The first-order chi connectivity index (χ1) is 10.7. The molecule has 0 aromatic heterocycles. The zero-order valence-corrected chi connectivity index (χ0v) is 13.9. The van der Waals surface area contributed by atoms with Crippen LogP contribution in [0.15, 0.2) is 24.3 Å². The van der Waals surface area contributed by atoms with Gasteiger partial charge in [-0.15, -0.1) is 0 Å². The molecule has 0 aliphatic heterocycles. The monoisotopic (exact) mass is 304 g/mol. The molecule has 1 aromatic rings. The lowest BCUT2D eigenvalue weighted by Crippen LogP contribution is -2.45. The highest BCUT2D eigenvalue weighted by Crippen LogP contribution is 2.28. The third-order valence-corrected chi connectivity index (χ3v) is 4.49. The molecule has 0 saturated heterocycles. The van der Waals surface area contributed by atoms with Gasteiger partial charge >= 0.3 is 0 Å². The van der Waals surface area contributed by atoms with E-state index < -0.39 is 0 Å². The van der Waals surface area contributed by atoms with Crippen molar-refractivity contribution in [3.05, 3.63) is 24.3 Å². The van der Waals surface area contributed by atoms with E-state index >= 15 is 0 Å². The van der Waals surface area contributed by atoms with Crippen LogP contribution in [-0.4, -0.2) is 24.6 Å². The van der Waals surface area contributed by atoms with Crippen molar-refractivity contribution in [1.29, 1.82) is 0 Å². The molecule has 0 unspecified atom stereocenters. The van der Waals surface area contributed by atoms with Crippen molar-refractivity contribution in [2.24, 2.45) is 5.92 Å². The second kappa shape index (κ2) is 8.18. The van der Waals surface area contributed by atoms with E-state index in [1.807, 2.05) is 38.1 Å². The normalized spacial score (nSPS) is 22.3. The molecule has 2 N–H and O–H groups in total. The number of carbonyl (C=O) groups excluding carboxylic acids is 1. The molecule has 4 nitrogen and oxygen atoms in total. The number of benzene rings is 1. The molecule has 1 saturated carbocycles. The predicted octanol–water partition coefficient (Wildman–Crippen LogP) is 3.58. The van der Waals surface area contributed by atoms with Crippen LogP contribution < -0.4 is 15.4 Å². The van der Waals surface area contributed by atoms with Crippen molar-refractivity contribution in [2.45, 2.75) is 58.5 Å². The molecule has 0 heterocycles. The smallest absolute Gasteiger partial charge is 0.241 e. The third kappa shape index (κ3) is 4.23. The van der Waals surface area contributed by atoms with Crippen molar-refractivity contribution in [3.63, 3.8) is 0 Å². The fourth-order valence-corrected chi connectivity index (χ4v) is 3.23. The summed E-state index contributed by atoms with van der Waals surface area (Å²) >= 11 is 0. The van der Waals surface area contributed by atoms with Crippen LogP contribution in [0.3, 0.4) is 0 Å². The molecule has 0 bridgehead atoms. The lowest BCUT2D eigenvalue weighted by Gasteiger charge is -2.24. The van der Waals surface area contributed by atoms with E-state index in [4.69, 9.17) is 4.74 Å². The fraction of sp³-hybridized carbons (Fsp3) is 0.611. The Morgan fingerprint density at radius 3 is 2.82 bits per heavy atom. The molecule has 1 amide bonds. The Kier molecular flexibility index (Phi) is 6.25. The molecule has 1 fully saturated rings. The van der Waals surface area contributed by atoms with Gasteiger partial charge in [0.1, 0.15) is 5.75 Å². The van der Waals surface area contributed by atoms with Gasteiger partial charge in [-0.2, -0.15) is 0 Å². The molecule has 1 aliphatic carbocycles. The number of hydrogen-bond donors (Lipinski definition) is 2. The number of hydrogen-bond acceptors (Lipinski definition) is 3. The number of ether oxygens (including phenoxy) is 1. The zero-order valence-electron chi connectivity index (χ0n) is 13.9. The van der Waals surface area contributed by atoms with Gasteiger partial charge in [-0.25, -0.2) is 0 Å². The Balaban J connectivity index is 1.94. The van der Waals surface area contributed by atoms with E-state index in [0.717, 1.165) is 11.4 Å². The Labute approximate surface area is 133 Å². The minimum absolute atomic E-state index is 0.00564. The summed E-state index contributed by atoms with van der Waals surface area (Å²) in [4.78, 5) is 12.4. The van der Waals surface area contributed by atoms with Crippen LogP contribution in [0.2, 0.25) is 0 Å². The summed E-state index contributed by atoms with van der Waals surface area (Å²) in [6.45, 7) is 6.69. The lowest BCUT2D eigenvalue weighted by molar-refractivity contribution is -0.118. The van der Waals surface area contributed by atoms with Crippen LogP contribution in [-0.2, 0) is 4.79 Å². The summed E-state index contributed by atoms with van der Waals surface area (Å²) in [6.07, 6.45) is 4.89. The molecular weight excluding hydrogens is 276 g/mol. The lowest BCUT2D eigenvalue weighted by atomic mass is 10.00. The fourth-order valence-electron chi connectivity index (χ4n) is 3.23. The molecule has 4 heteroatoms. The standard InChI is InChI=1S/C18H28N2O2/c1-4-14-9-8-11-15(14)19-13(3)18(21)20-16-10-6-7-12-17(16)22-5-2/h6-7,10,12-15,19H,4-5,8-9,11H2,1-3H3,(H,20,21)/t13-,14+,15-/m0/s1. The van der Waals surface area contributed by atoms with E-state index in [9.17, 15) is 4.79 Å². The van der Waals surface area contributed by atoms with Gasteiger partial charge in [-0.05, 0) is 44.7 Å². The van der Waals surface area contributed by atoms with E-state index in [2.05, 4.69) is 17.6 Å². The molecule has 1 aromatic carbocycles. The maximum Gasteiger partial charge on any atom is 0.241 e. The average Bonchev–Trinajstić information content (AvgIpc) is 2.96. The topological polar surface area (TPSA) is 50.4 Å². The minimum Gasteiger partial charge on any atom is -0.492 e. The van der Waals surface area contributed by atoms with Crippen molar-refractivity contribution < 1.29 is 9.53 Å². The van der Waals surface area contributed by atoms with Crippen LogP contribution in [0.5, 0.6) is 5.75 Å². The van der Waals surface area contributed by atoms with Gasteiger partial charge in [-0.1, -0.05) is 31.9 Å². The van der Waals surface area contributed by atoms with Gasteiger partial charge in [0.25, 0.3) is 0 Å². The van der Waals surface area contributed by atoms with Crippen LogP contribution in [0.4, 0.5) is 5.69 Å². The zero-order chi connectivity index (χ0) is 15.9. The second-order valence-corrected chi connectivity index (χ2v) is 6.01. The summed E-state index contributed by atoms with van der Waals surface area (Å²) < 4.78 is 5.55. The molecule has 122 valence electrons. The molecular formula is C18H28N2O2. The van der Waals surface area contributed by atoms with Crippen molar-refractivity contribution in [2.75, 3.05) is 11.9 Å². The Hall–Kier alpha value is -1.55. The first-order valence-corrected chi connectivity index (χ1v) is 8.44. The van der Waals surface area contributed by atoms with Gasteiger partial charge in [0, 0.05) is 6.04 Å². The summed E-state index contributed by atoms with van der Waals surface area (Å²) in [5.74, 6) is 1.41. The Bertz CT molecular complexity index is 490. The number of amides is 1. The maximum absolute atomic E-state index is 12.4. The van der Waals surface area contributed by atoms with Crippen molar-refractivity contribution in [3.8, 4) is 5.75 Å². The van der Waals surface area contributed by atoms with Crippen LogP contribution >= 0.6 is 0 Å². The Morgan fingerprint density at radius 2 is 2.09 bits per heavy atom. The largest absolute Gasteiger partial charge is 0.492 e. The van der Waals surface area contributed by atoms with Crippen LogP contribution in [0.1, 0.15) is 46.5 Å². The van der Waals surface area contributed by atoms with E-state index in [1.165, 1.54) is 25.7 Å². The molecule has 22 heavy (non-hydrogen) atoms. The Morgan fingerprint density at radius 1 is 1.32 bits per heavy atom. The van der Waals surface area contributed by atoms with Crippen molar-refractivity contribution >= 4 is 11.6 Å². The van der Waals surface area contributed by atoms with Crippen LogP contribution in [0, 0.1) is 5.92 Å². The SMILES string of the molecule is CCOc1ccccc1NC(=O)[C@H](C)N[C@H]1CCC[C@H]1CC. The van der Waals surface area contributed by atoms with Crippen LogP contribution in [0.25, 0.3) is 0 Å². The van der Waals surface area contributed by atoms with E-state index in [-0.39, 0.29) is 11.9 Å². The molecule has 0 spiro atoms. The summed E-state index contributed by atoms with van der Waals surface area (Å²) in [5, 5.41) is 6.47. The van der Waals surface area contributed by atoms with Gasteiger partial charge in [-0.3, -0.25) is 4.79 Å². The quantitative estimate of drug-likeness (QED) is 0.809. The maximum atomic E-state index is 12.4. The summed E-state index contributed by atoms with van der Waals surface area (Å²) in [7, 11) is 0. The van der Waals surface area contributed by atoms with Gasteiger partial charge in [0.2, 0.25) is 5.91 Å². The first kappa shape index (κ1) is 16.8. The number of carbonyl (C=O) groups is 1. The highest BCUT2D eigenvalue weighted by molar-refractivity contribution is 5.95. The van der Waals surface area contributed by atoms with Crippen molar-refractivity contribution in [1.82, 2.24) is 5.32 Å². The number of anilines is 1. The summed E-state index contributed by atoms with van der Waals surface area (Å²) in [5.41, 5.74) is 0.737. The number of nitrogens with one attached hydrogen (secondary N) is 2. The summed E-state index contributed by atoms with van der Waals surface area (Å²) in [6, 6.07) is 7.83. The highest BCUT2D eigenvalue weighted by Gasteiger charge is 2.28. The molecule has 1 aliphatic rings. The second-order valence-electron chi connectivity index (χ2n) is 6.01. The number of para-hydroxylation sites is 2. The minimum atomic E-state index is -0.202. The highest BCUT2D eigenvalue weighted by atomic mass is 16.5. The average molecular weight is 304 g/mol. The van der Waals surface area contributed by atoms with E-state index in [1.54, 1.807) is 0 Å². The first-order valence-electron chi connectivity index (χ1n) is 8.44. The predicted molar refractivity (Wildman–Crippen MR) is 90.3 cm³/mol. The molecule has 0 radical (unpaired) electrons.